The van der Waals surface area contributed by atoms with Crippen LogP contribution in [0.15, 0.2) is 18.6 Å². The minimum Gasteiger partial charge on any atom is -0.290 e. The van der Waals surface area contributed by atoms with Crippen molar-refractivity contribution in [3.63, 3.8) is 0 Å². The second-order valence-electron chi connectivity index (χ2n) is 3.24. The summed E-state index contributed by atoms with van der Waals surface area (Å²) in [6.07, 6.45) is 11.2. The van der Waals surface area contributed by atoms with Gasteiger partial charge in [0.2, 0.25) is 5.78 Å². The van der Waals surface area contributed by atoms with Crippen LogP contribution in [0.5, 0.6) is 0 Å². The Morgan fingerprint density at radius 2 is 2.42 bits per heavy atom. The van der Waals surface area contributed by atoms with Crippen LogP contribution in [0, 0.1) is 6.20 Å². The Morgan fingerprint density at radius 1 is 1.50 bits per heavy atom. The molecule has 0 unspecified atom stereocenters. The lowest BCUT2D eigenvalue weighted by atomic mass is 10.2. The van der Waals surface area contributed by atoms with Crippen molar-refractivity contribution in [2.75, 3.05) is 0 Å². The Bertz CT molecular complexity index is 414. The number of hydrogen-bond donors (Lipinski definition) is 0. The maximum absolute atomic E-state index is 4.22. The summed E-state index contributed by atoms with van der Waals surface area (Å²) in [5, 5.41) is 0. The molecule has 12 heavy (non-hydrogen) atoms. The number of aromatic nitrogens is 3. The predicted molar refractivity (Wildman–Crippen MR) is 43.8 cm³/mol. The van der Waals surface area contributed by atoms with Gasteiger partial charge in [-0.05, 0) is 24.3 Å². The summed E-state index contributed by atoms with van der Waals surface area (Å²) in [5.74, 6) is 1.49. The van der Waals surface area contributed by atoms with E-state index in [0.29, 0.717) is 0 Å². The Labute approximate surface area is 70.1 Å². The van der Waals surface area contributed by atoms with Crippen LogP contribution in [0.1, 0.15) is 24.3 Å². The van der Waals surface area contributed by atoms with Crippen molar-refractivity contribution < 1.29 is 0 Å². The minimum atomic E-state index is 0.736. The van der Waals surface area contributed by atoms with E-state index in [2.05, 4.69) is 22.4 Å². The first-order chi connectivity index (χ1) is 5.93. The van der Waals surface area contributed by atoms with E-state index in [4.69, 9.17) is 0 Å². The standard InChI is InChI=1S/C9H8N3/c1-2-7(1)8-5-11-9-10-3-4-12(9)6-8/h4-7H,1-2H2. The van der Waals surface area contributed by atoms with E-state index in [-0.39, 0.29) is 0 Å². The van der Waals surface area contributed by atoms with E-state index in [1.807, 2.05) is 16.8 Å². The fraction of sp³-hybridized carbons (Fsp3) is 0.333. The third kappa shape index (κ3) is 0.826. The summed E-state index contributed by atoms with van der Waals surface area (Å²) >= 11 is 0. The average molecular weight is 158 g/mol. The molecule has 2 aromatic heterocycles. The van der Waals surface area contributed by atoms with Gasteiger partial charge in [-0.1, -0.05) is 0 Å². The number of hydrogen-bond acceptors (Lipinski definition) is 2. The lowest BCUT2D eigenvalue weighted by Gasteiger charge is -1.97. The number of fused-ring (bicyclic) bond motifs is 1. The summed E-state index contributed by atoms with van der Waals surface area (Å²) < 4.78 is 1.92. The number of rotatable bonds is 1. The van der Waals surface area contributed by atoms with E-state index >= 15 is 0 Å². The Balaban J connectivity index is 2.21. The highest BCUT2D eigenvalue weighted by Crippen LogP contribution is 2.39. The van der Waals surface area contributed by atoms with Crippen LogP contribution in [0.3, 0.4) is 0 Å². The second-order valence-corrected chi connectivity index (χ2v) is 3.24. The van der Waals surface area contributed by atoms with Crippen LogP contribution in [0.2, 0.25) is 0 Å². The van der Waals surface area contributed by atoms with Gasteiger partial charge in [-0.3, -0.25) is 4.40 Å². The van der Waals surface area contributed by atoms with E-state index in [1.54, 1.807) is 0 Å². The molecule has 3 nitrogen and oxygen atoms in total. The van der Waals surface area contributed by atoms with E-state index in [1.165, 1.54) is 18.4 Å². The van der Waals surface area contributed by atoms with Gasteiger partial charge < -0.3 is 0 Å². The van der Waals surface area contributed by atoms with Crippen LogP contribution in [0.4, 0.5) is 0 Å². The average Bonchev–Trinajstić information content (AvgIpc) is 2.84. The molecule has 59 valence electrons. The van der Waals surface area contributed by atoms with Crippen LogP contribution in [-0.2, 0) is 0 Å². The van der Waals surface area contributed by atoms with Crippen molar-refractivity contribution in [1.29, 1.82) is 0 Å². The fourth-order valence-electron chi connectivity index (χ4n) is 1.41. The normalized spacial score (nSPS) is 17.0. The molecule has 0 atom stereocenters. The maximum atomic E-state index is 4.22. The van der Waals surface area contributed by atoms with Crippen molar-refractivity contribution in [3.05, 3.63) is 30.4 Å². The summed E-state index contributed by atoms with van der Waals surface area (Å²) in [6.45, 7) is 0. The Morgan fingerprint density at radius 3 is 3.25 bits per heavy atom. The molecule has 0 N–H and O–H groups in total. The highest BCUT2D eigenvalue weighted by molar-refractivity contribution is 5.30. The van der Waals surface area contributed by atoms with Crippen molar-refractivity contribution in [1.82, 2.24) is 14.4 Å². The predicted octanol–water partition coefficient (Wildman–Crippen LogP) is 1.41. The third-order valence-electron chi connectivity index (χ3n) is 2.26. The molecule has 1 aliphatic rings. The van der Waals surface area contributed by atoms with Crippen molar-refractivity contribution in [3.8, 4) is 0 Å². The third-order valence-corrected chi connectivity index (χ3v) is 2.26. The molecule has 0 spiro atoms. The molecular formula is C9H8N3. The molecule has 1 saturated carbocycles. The molecule has 1 aliphatic carbocycles. The smallest absolute Gasteiger partial charge is 0.234 e. The van der Waals surface area contributed by atoms with Crippen molar-refractivity contribution in [2.24, 2.45) is 0 Å². The zero-order valence-corrected chi connectivity index (χ0v) is 6.57. The summed E-state index contributed by atoms with van der Waals surface area (Å²) in [4.78, 5) is 8.19. The molecule has 0 bridgehead atoms. The molecule has 1 fully saturated rings. The maximum Gasteiger partial charge on any atom is 0.234 e. The molecule has 2 heterocycles. The van der Waals surface area contributed by atoms with Gasteiger partial charge in [-0.2, -0.15) is 0 Å². The lowest BCUT2D eigenvalue weighted by molar-refractivity contribution is 1.01. The van der Waals surface area contributed by atoms with Gasteiger partial charge in [0.05, 0.1) is 0 Å². The van der Waals surface area contributed by atoms with Crippen LogP contribution in [0.25, 0.3) is 5.78 Å². The van der Waals surface area contributed by atoms with Gasteiger partial charge in [-0.25, -0.2) is 9.97 Å². The lowest BCUT2D eigenvalue weighted by Crippen LogP contribution is -1.90. The summed E-state index contributed by atoms with van der Waals surface area (Å²) in [5.41, 5.74) is 1.33. The summed E-state index contributed by atoms with van der Waals surface area (Å²) in [6, 6.07) is 0. The Kier molecular flexibility index (Phi) is 1.06. The number of imidazole rings is 1. The molecule has 1 radical (unpaired) electrons. The largest absolute Gasteiger partial charge is 0.290 e. The first-order valence-corrected chi connectivity index (χ1v) is 4.14. The van der Waals surface area contributed by atoms with Crippen LogP contribution >= 0.6 is 0 Å². The molecule has 3 heteroatoms. The first-order valence-electron chi connectivity index (χ1n) is 4.14. The SMILES string of the molecule is [c]1cn2cc(C3CC3)cnc2n1. The van der Waals surface area contributed by atoms with Crippen molar-refractivity contribution >= 4 is 5.78 Å². The topological polar surface area (TPSA) is 30.2 Å². The minimum absolute atomic E-state index is 0.736. The number of nitrogens with zero attached hydrogens (tertiary/aromatic N) is 3. The van der Waals surface area contributed by atoms with Gasteiger partial charge >= 0.3 is 0 Å². The monoisotopic (exact) mass is 158 g/mol. The molecule has 0 amide bonds. The molecule has 0 aromatic carbocycles. The fourth-order valence-corrected chi connectivity index (χ4v) is 1.41. The Hall–Kier alpha value is -1.38. The zero-order chi connectivity index (χ0) is 7.97. The van der Waals surface area contributed by atoms with Crippen LogP contribution in [-0.4, -0.2) is 14.4 Å². The van der Waals surface area contributed by atoms with Gasteiger partial charge in [0, 0.05) is 18.6 Å². The summed E-state index contributed by atoms with van der Waals surface area (Å²) in [7, 11) is 0. The first kappa shape index (κ1) is 6.17. The van der Waals surface area contributed by atoms with Gasteiger partial charge in [0.15, 0.2) is 0 Å². The highest BCUT2D eigenvalue weighted by atomic mass is 15.1. The molecule has 0 aliphatic heterocycles. The molecule has 0 saturated heterocycles. The van der Waals surface area contributed by atoms with E-state index in [9.17, 15) is 0 Å². The zero-order valence-electron chi connectivity index (χ0n) is 6.57. The highest BCUT2D eigenvalue weighted by Gasteiger charge is 2.24. The molecule has 2 aromatic rings. The van der Waals surface area contributed by atoms with E-state index < -0.39 is 0 Å². The van der Waals surface area contributed by atoms with Gasteiger partial charge in [-0.15, -0.1) is 0 Å². The van der Waals surface area contributed by atoms with Crippen molar-refractivity contribution in [2.45, 2.75) is 18.8 Å². The van der Waals surface area contributed by atoms with E-state index in [0.717, 1.165) is 11.7 Å². The van der Waals surface area contributed by atoms with Gasteiger partial charge in [0.1, 0.15) is 6.20 Å². The second kappa shape index (κ2) is 2.06. The quantitative estimate of drug-likeness (QED) is 0.628. The van der Waals surface area contributed by atoms with Gasteiger partial charge in [0.25, 0.3) is 0 Å². The molecule has 3 rings (SSSR count). The van der Waals surface area contributed by atoms with Crippen LogP contribution < -0.4 is 0 Å². The molecular weight excluding hydrogens is 150 g/mol.